The molecular weight excluding hydrogens is 256 g/mol. The molecule has 5 heteroatoms. The number of ether oxygens (including phenoxy) is 1. The minimum atomic E-state index is -0.630. The zero-order chi connectivity index (χ0) is 14.5. The second-order valence-electron chi connectivity index (χ2n) is 4.02. The summed E-state index contributed by atoms with van der Waals surface area (Å²) in [6.45, 7) is 2.16. The summed E-state index contributed by atoms with van der Waals surface area (Å²) in [5, 5.41) is 0.402. The van der Waals surface area contributed by atoms with Crippen LogP contribution in [0.2, 0.25) is 0 Å². The van der Waals surface area contributed by atoms with Crippen molar-refractivity contribution in [3.63, 3.8) is 0 Å². The minimum absolute atomic E-state index is 0.0108. The summed E-state index contributed by atoms with van der Waals surface area (Å²) in [5.41, 5.74) is 6.25. The first-order chi connectivity index (χ1) is 9.67. The van der Waals surface area contributed by atoms with Crippen LogP contribution in [0.15, 0.2) is 29.2 Å². The Balaban J connectivity index is 2.58. The number of aromatic amines is 1. The lowest BCUT2D eigenvalue weighted by Gasteiger charge is -2.03. The Morgan fingerprint density at radius 1 is 1.45 bits per heavy atom. The zero-order valence-electron chi connectivity index (χ0n) is 11.0. The molecule has 0 aliphatic heterocycles. The number of aromatic nitrogens is 1. The van der Waals surface area contributed by atoms with Gasteiger partial charge in [0.05, 0.1) is 13.2 Å². The number of hydrogen-bond acceptors (Lipinski definition) is 4. The summed E-state index contributed by atoms with van der Waals surface area (Å²) in [6, 6.07) is 5.16. The van der Waals surface area contributed by atoms with Crippen LogP contribution in [0.3, 0.4) is 0 Å². The molecule has 0 unspecified atom stereocenters. The van der Waals surface area contributed by atoms with Gasteiger partial charge < -0.3 is 15.5 Å². The second-order valence-corrected chi connectivity index (χ2v) is 4.02. The van der Waals surface area contributed by atoms with Crippen molar-refractivity contribution in [3.8, 4) is 11.8 Å². The van der Waals surface area contributed by atoms with Crippen molar-refractivity contribution < 1.29 is 9.53 Å². The van der Waals surface area contributed by atoms with E-state index in [2.05, 4.69) is 16.8 Å². The van der Waals surface area contributed by atoms with Crippen LogP contribution in [-0.2, 0) is 4.74 Å². The third kappa shape index (κ3) is 2.71. The molecule has 0 saturated carbocycles. The molecule has 1 aromatic heterocycles. The number of nitrogens with two attached hydrogens (primary N) is 1. The summed E-state index contributed by atoms with van der Waals surface area (Å²) in [6.07, 6.45) is 1.37. The molecule has 20 heavy (non-hydrogen) atoms. The maximum atomic E-state index is 12.3. The Bertz CT molecular complexity index is 766. The number of carbonyl (C=O) groups excluding carboxylic acids is 1. The summed E-state index contributed by atoms with van der Waals surface area (Å²) in [7, 11) is 0. The van der Waals surface area contributed by atoms with Gasteiger partial charge in [-0.25, -0.2) is 4.79 Å². The van der Waals surface area contributed by atoms with Crippen molar-refractivity contribution >= 4 is 16.9 Å². The SMILES string of the molecule is CCOC(=O)c1c[nH]c2ccc(C#CCN)cc2c1=O. The number of carbonyl (C=O) groups is 1. The molecule has 3 N–H and O–H groups in total. The van der Waals surface area contributed by atoms with E-state index in [1.807, 2.05) is 0 Å². The molecule has 102 valence electrons. The van der Waals surface area contributed by atoms with Crippen LogP contribution < -0.4 is 11.2 Å². The van der Waals surface area contributed by atoms with Gasteiger partial charge in [0.2, 0.25) is 5.43 Å². The monoisotopic (exact) mass is 270 g/mol. The van der Waals surface area contributed by atoms with E-state index in [9.17, 15) is 9.59 Å². The third-order valence-electron chi connectivity index (χ3n) is 2.71. The molecule has 0 atom stereocenters. The summed E-state index contributed by atoms with van der Waals surface area (Å²) in [5.74, 6) is 4.94. The topological polar surface area (TPSA) is 85.2 Å². The van der Waals surface area contributed by atoms with Crippen LogP contribution in [0, 0.1) is 11.8 Å². The van der Waals surface area contributed by atoms with E-state index in [1.165, 1.54) is 6.20 Å². The van der Waals surface area contributed by atoms with E-state index in [1.54, 1.807) is 25.1 Å². The van der Waals surface area contributed by atoms with Gasteiger partial charge in [0.15, 0.2) is 0 Å². The number of rotatable bonds is 2. The molecular formula is C15H14N2O3. The Hall–Kier alpha value is -2.58. The molecule has 1 aromatic carbocycles. The van der Waals surface area contributed by atoms with Crippen LogP contribution in [0.4, 0.5) is 0 Å². The number of fused-ring (bicyclic) bond motifs is 1. The molecule has 0 amide bonds. The van der Waals surface area contributed by atoms with Crippen molar-refractivity contribution in [3.05, 3.63) is 45.7 Å². The number of benzene rings is 1. The van der Waals surface area contributed by atoms with E-state index < -0.39 is 5.97 Å². The van der Waals surface area contributed by atoms with Crippen LogP contribution in [0.5, 0.6) is 0 Å². The molecule has 0 radical (unpaired) electrons. The lowest BCUT2D eigenvalue weighted by molar-refractivity contribution is 0.0524. The average Bonchev–Trinajstić information content (AvgIpc) is 2.46. The number of pyridine rings is 1. The van der Waals surface area contributed by atoms with Gasteiger partial charge in [-0.15, -0.1) is 0 Å². The first-order valence-electron chi connectivity index (χ1n) is 6.19. The van der Waals surface area contributed by atoms with Crippen LogP contribution >= 0.6 is 0 Å². The smallest absolute Gasteiger partial charge is 0.343 e. The van der Waals surface area contributed by atoms with Crippen molar-refractivity contribution in [1.29, 1.82) is 0 Å². The molecule has 1 heterocycles. The van der Waals surface area contributed by atoms with Crippen LogP contribution in [0.1, 0.15) is 22.8 Å². The predicted molar refractivity (Wildman–Crippen MR) is 76.5 cm³/mol. The molecule has 0 aliphatic carbocycles. The van der Waals surface area contributed by atoms with Gasteiger partial charge in [-0.05, 0) is 25.1 Å². The van der Waals surface area contributed by atoms with Crippen LogP contribution in [0.25, 0.3) is 10.9 Å². The highest BCUT2D eigenvalue weighted by Crippen LogP contribution is 2.11. The number of hydrogen-bond donors (Lipinski definition) is 2. The normalized spacial score (nSPS) is 9.90. The Kier molecular flexibility index (Phi) is 4.18. The van der Waals surface area contributed by atoms with Crippen molar-refractivity contribution in [1.82, 2.24) is 4.98 Å². The molecule has 0 fully saturated rings. The molecule has 0 saturated heterocycles. The number of esters is 1. The minimum Gasteiger partial charge on any atom is -0.462 e. The van der Waals surface area contributed by atoms with E-state index >= 15 is 0 Å². The van der Waals surface area contributed by atoms with Crippen LogP contribution in [-0.4, -0.2) is 24.1 Å². The van der Waals surface area contributed by atoms with Gasteiger partial charge in [-0.2, -0.15) is 0 Å². The van der Waals surface area contributed by atoms with E-state index in [4.69, 9.17) is 10.5 Å². The largest absolute Gasteiger partial charge is 0.462 e. The molecule has 0 bridgehead atoms. The average molecular weight is 270 g/mol. The van der Waals surface area contributed by atoms with E-state index in [0.717, 1.165) is 0 Å². The maximum Gasteiger partial charge on any atom is 0.343 e. The fraction of sp³-hybridized carbons (Fsp3) is 0.200. The van der Waals surface area contributed by atoms with Crippen molar-refractivity contribution in [2.45, 2.75) is 6.92 Å². The molecule has 0 aliphatic rings. The first kappa shape index (κ1) is 13.8. The van der Waals surface area contributed by atoms with E-state index in [0.29, 0.717) is 16.5 Å². The van der Waals surface area contributed by atoms with Gasteiger partial charge in [0, 0.05) is 22.7 Å². The van der Waals surface area contributed by atoms with Gasteiger partial charge in [-0.3, -0.25) is 4.79 Å². The standard InChI is InChI=1S/C15H14N2O3/c1-2-20-15(19)12-9-17-13-6-5-10(4-3-7-16)8-11(13)14(12)18/h5-6,8-9H,2,7,16H2,1H3,(H,17,18). The van der Waals surface area contributed by atoms with E-state index in [-0.39, 0.29) is 24.1 Å². The molecule has 0 spiro atoms. The molecule has 5 nitrogen and oxygen atoms in total. The number of H-pyrrole nitrogens is 1. The second kappa shape index (κ2) is 6.04. The maximum absolute atomic E-state index is 12.3. The van der Waals surface area contributed by atoms with Crippen molar-refractivity contribution in [2.75, 3.05) is 13.2 Å². The third-order valence-corrected chi connectivity index (χ3v) is 2.71. The summed E-state index contributed by atoms with van der Waals surface area (Å²) < 4.78 is 4.85. The lowest BCUT2D eigenvalue weighted by atomic mass is 10.1. The highest BCUT2D eigenvalue weighted by molar-refractivity contribution is 5.93. The first-order valence-corrected chi connectivity index (χ1v) is 6.19. The van der Waals surface area contributed by atoms with Gasteiger partial charge >= 0.3 is 5.97 Å². The van der Waals surface area contributed by atoms with Crippen molar-refractivity contribution in [2.24, 2.45) is 5.73 Å². The quantitative estimate of drug-likeness (QED) is 0.630. The highest BCUT2D eigenvalue weighted by atomic mass is 16.5. The zero-order valence-corrected chi connectivity index (χ0v) is 11.0. The van der Waals surface area contributed by atoms with Gasteiger partial charge in [0.25, 0.3) is 0 Å². The fourth-order valence-electron chi connectivity index (χ4n) is 1.81. The molecule has 2 rings (SSSR count). The van der Waals surface area contributed by atoms with Gasteiger partial charge in [-0.1, -0.05) is 11.8 Å². The predicted octanol–water partition coefficient (Wildman–Crippen LogP) is 1.02. The number of nitrogens with one attached hydrogen (secondary N) is 1. The van der Waals surface area contributed by atoms with Gasteiger partial charge in [0.1, 0.15) is 5.56 Å². The molecule has 2 aromatic rings. The summed E-state index contributed by atoms with van der Waals surface area (Å²) in [4.78, 5) is 26.9. The Morgan fingerprint density at radius 2 is 2.25 bits per heavy atom. The Morgan fingerprint density at radius 3 is 2.95 bits per heavy atom. The lowest BCUT2D eigenvalue weighted by Crippen LogP contribution is -2.18. The Labute approximate surface area is 115 Å². The fourth-order valence-corrected chi connectivity index (χ4v) is 1.81. The highest BCUT2D eigenvalue weighted by Gasteiger charge is 2.13. The summed E-state index contributed by atoms with van der Waals surface area (Å²) >= 11 is 0.